The number of nitrogens with one attached hydrogen (secondary N) is 1. The van der Waals surface area contributed by atoms with E-state index in [-0.39, 0.29) is 6.04 Å². The van der Waals surface area contributed by atoms with Crippen LogP contribution in [0.3, 0.4) is 0 Å². The van der Waals surface area contributed by atoms with E-state index in [2.05, 4.69) is 43.9 Å². The Hall–Kier alpha value is -1.32. The van der Waals surface area contributed by atoms with Crippen LogP contribution in [0.5, 0.6) is 5.75 Å². The van der Waals surface area contributed by atoms with E-state index in [1.54, 1.807) is 7.11 Å². The van der Waals surface area contributed by atoms with E-state index in [1.807, 2.05) is 6.08 Å². The molecule has 1 aromatic carbocycles. The molecule has 0 spiro atoms. The van der Waals surface area contributed by atoms with Gasteiger partial charge in [0, 0.05) is 18.2 Å². The highest BCUT2D eigenvalue weighted by Crippen LogP contribution is 2.25. The lowest BCUT2D eigenvalue weighted by molar-refractivity contribution is 0.138. The van der Waals surface area contributed by atoms with E-state index in [0.717, 1.165) is 25.3 Å². The van der Waals surface area contributed by atoms with Gasteiger partial charge in [0.1, 0.15) is 5.75 Å². The summed E-state index contributed by atoms with van der Waals surface area (Å²) >= 11 is 0. The van der Waals surface area contributed by atoms with Gasteiger partial charge < -0.3 is 14.8 Å². The minimum absolute atomic E-state index is 0.249. The lowest BCUT2D eigenvalue weighted by Crippen LogP contribution is -2.23. The summed E-state index contributed by atoms with van der Waals surface area (Å²) in [6, 6.07) is 6.54. The van der Waals surface area contributed by atoms with Crippen molar-refractivity contribution in [1.82, 2.24) is 5.32 Å². The quantitative estimate of drug-likeness (QED) is 0.548. The largest absolute Gasteiger partial charge is 0.496 e. The van der Waals surface area contributed by atoms with Crippen molar-refractivity contribution in [1.29, 1.82) is 0 Å². The molecule has 0 fully saturated rings. The van der Waals surface area contributed by atoms with E-state index >= 15 is 0 Å². The maximum atomic E-state index is 5.47. The maximum Gasteiger partial charge on any atom is 0.123 e. The Morgan fingerprint density at radius 3 is 2.84 bits per heavy atom. The Labute approximate surface area is 116 Å². The van der Waals surface area contributed by atoms with Crippen LogP contribution in [0.4, 0.5) is 0 Å². The fourth-order valence-corrected chi connectivity index (χ4v) is 1.90. The van der Waals surface area contributed by atoms with Gasteiger partial charge in [-0.2, -0.15) is 0 Å². The predicted octanol–water partition coefficient (Wildman–Crippen LogP) is 3.25. The highest BCUT2D eigenvalue weighted by atomic mass is 16.5. The summed E-state index contributed by atoms with van der Waals surface area (Å²) in [5, 5.41) is 3.44. The molecular formula is C16H25NO2. The third-order valence-electron chi connectivity index (χ3n) is 3.02. The molecule has 3 heteroatoms. The molecule has 1 unspecified atom stereocenters. The predicted molar refractivity (Wildman–Crippen MR) is 79.8 cm³/mol. The van der Waals surface area contributed by atoms with E-state index in [9.17, 15) is 0 Å². The normalized spacial score (nSPS) is 12.2. The smallest absolute Gasteiger partial charge is 0.123 e. The van der Waals surface area contributed by atoms with Crippen LogP contribution < -0.4 is 10.1 Å². The molecule has 0 saturated carbocycles. The number of benzene rings is 1. The summed E-state index contributed by atoms with van der Waals surface area (Å²) in [6.07, 6.45) is 2.77. The minimum atomic E-state index is 0.249. The van der Waals surface area contributed by atoms with Crippen molar-refractivity contribution in [2.24, 2.45) is 0 Å². The zero-order chi connectivity index (χ0) is 14.1. The average molecular weight is 263 g/mol. The Morgan fingerprint density at radius 2 is 2.16 bits per heavy atom. The molecule has 1 aromatic rings. The zero-order valence-corrected chi connectivity index (χ0v) is 12.2. The second-order valence-electron chi connectivity index (χ2n) is 4.61. The van der Waals surface area contributed by atoms with Gasteiger partial charge in [0.15, 0.2) is 0 Å². The van der Waals surface area contributed by atoms with Crippen molar-refractivity contribution in [3.05, 3.63) is 42.0 Å². The van der Waals surface area contributed by atoms with Crippen LogP contribution in [-0.2, 0) is 4.74 Å². The molecule has 1 N–H and O–H groups in total. The second-order valence-corrected chi connectivity index (χ2v) is 4.61. The van der Waals surface area contributed by atoms with Gasteiger partial charge in [-0.15, -0.1) is 6.58 Å². The van der Waals surface area contributed by atoms with E-state index < -0.39 is 0 Å². The summed E-state index contributed by atoms with van der Waals surface area (Å²) in [4.78, 5) is 0. The molecule has 0 aliphatic rings. The molecule has 0 radical (unpaired) electrons. The van der Waals surface area contributed by atoms with Gasteiger partial charge >= 0.3 is 0 Å². The lowest BCUT2D eigenvalue weighted by atomic mass is 10.1. The molecule has 0 amide bonds. The zero-order valence-electron chi connectivity index (χ0n) is 12.2. The maximum absolute atomic E-state index is 5.47. The molecule has 1 atom stereocenters. The Bertz CT molecular complexity index is 390. The summed E-state index contributed by atoms with van der Waals surface area (Å²) in [5.41, 5.74) is 2.39. The van der Waals surface area contributed by atoms with Crippen LogP contribution in [0.1, 0.15) is 30.5 Å². The number of rotatable bonds is 9. The number of methoxy groups -OCH3 is 1. The fraction of sp³-hybridized carbons (Fsp3) is 0.500. The van der Waals surface area contributed by atoms with Crippen LogP contribution in [0, 0.1) is 6.92 Å². The second kappa shape index (κ2) is 8.73. The topological polar surface area (TPSA) is 30.5 Å². The standard InChI is InChI=1S/C16H25NO2/c1-5-6-10-19-11-9-17-14(3)15-8-7-13(2)12-16(15)18-4/h5,7-8,12,14,17H,1,6,9-11H2,2-4H3. The molecule has 19 heavy (non-hydrogen) atoms. The van der Waals surface area contributed by atoms with Gasteiger partial charge in [0.25, 0.3) is 0 Å². The van der Waals surface area contributed by atoms with Crippen LogP contribution in [0.15, 0.2) is 30.9 Å². The molecule has 0 aliphatic carbocycles. The molecule has 0 bridgehead atoms. The number of ether oxygens (including phenoxy) is 2. The first kappa shape index (κ1) is 15.7. The van der Waals surface area contributed by atoms with Crippen molar-refractivity contribution < 1.29 is 9.47 Å². The van der Waals surface area contributed by atoms with Crippen LogP contribution in [0.25, 0.3) is 0 Å². The van der Waals surface area contributed by atoms with Crippen LogP contribution in [-0.4, -0.2) is 26.9 Å². The molecule has 0 aromatic heterocycles. The van der Waals surface area contributed by atoms with E-state index in [4.69, 9.17) is 9.47 Å². The lowest BCUT2D eigenvalue weighted by Gasteiger charge is -2.17. The molecular weight excluding hydrogens is 238 g/mol. The third-order valence-corrected chi connectivity index (χ3v) is 3.02. The molecule has 0 heterocycles. The molecule has 3 nitrogen and oxygen atoms in total. The Morgan fingerprint density at radius 1 is 1.37 bits per heavy atom. The summed E-state index contributed by atoms with van der Waals surface area (Å²) < 4.78 is 10.9. The van der Waals surface area contributed by atoms with Gasteiger partial charge in [-0.3, -0.25) is 0 Å². The van der Waals surface area contributed by atoms with Crippen LogP contribution >= 0.6 is 0 Å². The SMILES string of the molecule is C=CCCOCCNC(C)c1ccc(C)cc1OC. The first-order valence-electron chi connectivity index (χ1n) is 6.75. The van der Waals surface area contributed by atoms with Crippen LogP contribution in [0.2, 0.25) is 0 Å². The van der Waals surface area contributed by atoms with E-state index in [1.165, 1.54) is 11.1 Å². The van der Waals surface area contributed by atoms with Gasteiger partial charge in [0.2, 0.25) is 0 Å². The average Bonchev–Trinajstić information content (AvgIpc) is 2.42. The summed E-state index contributed by atoms with van der Waals surface area (Å²) in [5.74, 6) is 0.938. The van der Waals surface area contributed by atoms with Crippen molar-refractivity contribution in [2.75, 3.05) is 26.9 Å². The van der Waals surface area contributed by atoms with Gasteiger partial charge in [-0.25, -0.2) is 0 Å². The number of hydrogen-bond acceptors (Lipinski definition) is 3. The molecule has 0 aliphatic heterocycles. The molecule has 1 rings (SSSR count). The van der Waals surface area contributed by atoms with Crippen molar-refractivity contribution in [3.8, 4) is 5.75 Å². The number of aryl methyl sites for hydroxylation is 1. The first-order valence-corrected chi connectivity index (χ1v) is 6.75. The Kier molecular flexibility index (Phi) is 7.23. The fourth-order valence-electron chi connectivity index (χ4n) is 1.90. The summed E-state index contributed by atoms with van der Waals surface area (Å²) in [6.45, 7) is 10.2. The van der Waals surface area contributed by atoms with Crippen molar-refractivity contribution >= 4 is 0 Å². The van der Waals surface area contributed by atoms with Gasteiger partial charge in [-0.1, -0.05) is 18.2 Å². The highest BCUT2D eigenvalue weighted by molar-refractivity contribution is 5.38. The minimum Gasteiger partial charge on any atom is -0.496 e. The van der Waals surface area contributed by atoms with E-state index in [0.29, 0.717) is 6.61 Å². The van der Waals surface area contributed by atoms with Gasteiger partial charge in [-0.05, 0) is 31.9 Å². The summed E-state index contributed by atoms with van der Waals surface area (Å²) in [7, 11) is 1.71. The number of hydrogen-bond donors (Lipinski definition) is 1. The van der Waals surface area contributed by atoms with Gasteiger partial charge in [0.05, 0.1) is 20.3 Å². The molecule has 106 valence electrons. The monoisotopic (exact) mass is 263 g/mol. The third kappa shape index (κ3) is 5.45. The molecule has 0 saturated heterocycles. The highest BCUT2D eigenvalue weighted by Gasteiger charge is 2.10. The van der Waals surface area contributed by atoms with Crippen molar-refractivity contribution in [2.45, 2.75) is 26.3 Å². The first-order chi connectivity index (χ1) is 9.19. The Balaban J connectivity index is 2.40. The van der Waals surface area contributed by atoms with Crippen molar-refractivity contribution in [3.63, 3.8) is 0 Å².